The lowest BCUT2D eigenvalue weighted by Gasteiger charge is -2.34. The van der Waals surface area contributed by atoms with Gasteiger partial charge in [0.15, 0.2) is 0 Å². The molecule has 0 bridgehead atoms. The van der Waals surface area contributed by atoms with Gasteiger partial charge >= 0.3 is 0 Å². The summed E-state index contributed by atoms with van der Waals surface area (Å²) in [7, 11) is 0. The number of rotatable bonds is 4. The van der Waals surface area contributed by atoms with Crippen LogP contribution in [0.2, 0.25) is 0 Å². The predicted molar refractivity (Wildman–Crippen MR) is 88.0 cm³/mol. The Bertz CT molecular complexity index is 639. The van der Waals surface area contributed by atoms with E-state index in [2.05, 4.69) is 9.88 Å². The predicted octanol–water partition coefficient (Wildman–Crippen LogP) is 2.75. The highest BCUT2D eigenvalue weighted by Gasteiger charge is 2.26. The zero-order chi connectivity index (χ0) is 16.2. The third-order valence-electron chi connectivity index (χ3n) is 4.54. The van der Waals surface area contributed by atoms with Gasteiger partial charge in [-0.1, -0.05) is 12.1 Å². The molecule has 1 aliphatic heterocycles. The summed E-state index contributed by atoms with van der Waals surface area (Å²) in [6.07, 6.45) is 3.07. The lowest BCUT2D eigenvalue weighted by molar-refractivity contribution is 0.0567. The molecule has 1 aromatic heterocycles. The Labute approximate surface area is 135 Å². The molecule has 1 unspecified atom stereocenters. The largest absolute Gasteiger partial charge is 0.388 e. The summed E-state index contributed by atoms with van der Waals surface area (Å²) in [5, 5.41) is 10.5. The molecule has 23 heavy (non-hydrogen) atoms. The number of piperidine rings is 1. The third kappa shape index (κ3) is 4.06. The van der Waals surface area contributed by atoms with Gasteiger partial charge in [0.05, 0.1) is 6.10 Å². The monoisotopic (exact) mass is 315 g/mol. The minimum atomic E-state index is -0.519. The quantitative estimate of drug-likeness (QED) is 0.911. The van der Waals surface area contributed by atoms with Gasteiger partial charge in [-0.05, 0) is 67.2 Å². The second-order valence-corrected chi connectivity index (χ2v) is 6.20. The first-order valence-corrected chi connectivity index (χ1v) is 7.98. The first-order chi connectivity index (χ1) is 11.1. The average Bonchev–Trinajstić information content (AvgIpc) is 2.56. The van der Waals surface area contributed by atoms with E-state index >= 15 is 0 Å². The Morgan fingerprint density at radius 3 is 2.57 bits per heavy atom. The minimum absolute atomic E-state index is 0.222. The maximum absolute atomic E-state index is 13.0. The van der Waals surface area contributed by atoms with Crippen LogP contribution < -0.4 is 5.73 Å². The van der Waals surface area contributed by atoms with E-state index in [1.165, 1.54) is 12.1 Å². The number of aromatic nitrogens is 1. The Morgan fingerprint density at radius 1 is 1.22 bits per heavy atom. The molecule has 0 radical (unpaired) electrons. The lowest BCUT2D eigenvalue weighted by Crippen LogP contribution is -2.35. The van der Waals surface area contributed by atoms with Crippen LogP contribution in [0.15, 0.2) is 42.6 Å². The van der Waals surface area contributed by atoms with Crippen molar-refractivity contribution < 1.29 is 9.50 Å². The molecule has 2 heterocycles. The molecule has 1 fully saturated rings. The first kappa shape index (κ1) is 15.9. The number of nitrogens with two attached hydrogens (primary N) is 1. The van der Waals surface area contributed by atoms with E-state index in [9.17, 15) is 9.50 Å². The Hall–Kier alpha value is -1.98. The fraction of sp³-hybridized carbons (Fsp3) is 0.389. The third-order valence-corrected chi connectivity index (χ3v) is 4.54. The Morgan fingerprint density at radius 2 is 1.91 bits per heavy atom. The van der Waals surface area contributed by atoms with E-state index < -0.39 is 6.10 Å². The first-order valence-electron chi connectivity index (χ1n) is 7.98. The van der Waals surface area contributed by atoms with Gasteiger partial charge in [0, 0.05) is 12.7 Å². The van der Waals surface area contributed by atoms with E-state index in [1.807, 2.05) is 12.1 Å². The topological polar surface area (TPSA) is 62.4 Å². The SMILES string of the molecule is Nc1cc(CN2CCC(C(O)c3ccc(F)cc3)CC2)ccn1. The minimum Gasteiger partial charge on any atom is -0.388 e. The number of halogens is 1. The van der Waals surface area contributed by atoms with Crippen molar-refractivity contribution in [3.8, 4) is 0 Å². The second kappa shape index (κ2) is 7.06. The molecule has 4 nitrogen and oxygen atoms in total. The maximum atomic E-state index is 13.0. The van der Waals surface area contributed by atoms with Crippen molar-refractivity contribution in [3.63, 3.8) is 0 Å². The van der Waals surface area contributed by atoms with Crippen LogP contribution in [0.25, 0.3) is 0 Å². The van der Waals surface area contributed by atoms with Crippen molar-refractivity contribution in [1.82, 2.24) is 9.88 Å². The number of pyridine rings is 1. The number of likely N-dealkylation sites (tertiary alicyclic amines) is 1. The van der Waals surface area contributed by atoms with Gasteiger partial charge in [0.25, 0.3) is 0 Å². The van der Waals surface area contributed by atoms with E-state index in [4.69, 9.17) is 5.73 Å². The lowest BCUT2D eigenvalue weighted by atomic mass is 9.87. The average molecular weight is 315 g/mol. The van der Waals surface area contributed by atoms with Gasteiger partial charge in [-0.3, -0.25) is 4.90 Å². The molecule has 0 spiro atoms. The van der Waals surface area contributed by atoms with E-state index in [1.54, 1.807) is 18.3 Å². The molecule has 3 N–H and O–H groups in total. The molecular formula is C18H22FN3O. The zero-order valence-corrected chi connectivity index (χ0v) is 13.0. The molecule has 3 rings (SSSR count). The molecule has 1 aromatic carbocycles. The van der Waals surface area contributed by atoms with Crippen LogP contribution in [0.4, 0.5) is 10.2 Å². The van der Waals surface area contributed by atoms with E-state index in [-0.39, 0.29) is 11.7 Å². The summed E-state index contributed by atoms with van der Waals surface area (Å²) < 4.78 is 13.0. The van der Waals surface area contributed by atoms with Gasteiger partial charge in [-0.2, -0.15) is 0 Å². The highest BCUT2D eigenvalue weighted by molar-refractivity contribution is 5.31. The molecule has 0 aliphatic carbocycles. The number of hydrogen-bond acceptors (Lipinski definition) is 4. The van der Waals surface area contributed by atoms with Gasteiger partial charge < -0.3 is 10.8 Å². The molecule has 0 amide bonds. The highest BCUT2D eigenvalue weighted by Crippen LogP contribution is 2.31. The van der Waals surface area contributed by atoms with E-state index in [0.717, 1.165) is 43.6 Å². The summed E-state index contributed by atoms with van der Waals surface area (Å²) >= 11 is 0. The van der Waals surface area contributed by atoms with Crippen molar-refractivity contribution in [2.75, 3.05) is 18.8 Å². The molecule has 1 atom stereocenters. The number of anilines is 1. The normalized spacial score (nSPS) is 18.0. The molecule has 122 valence electrons. The maximum Gasteiger partial charge on any atom is 0.123 e. The van der Waals surface area contributed by atoms with Gasteiger partial charge in [0.2, 0.25) is 0 Å². The van der Waals surface area contributed by atoms with Crippen LogP contribution in [0.1, 0.15) is 30.1 Å². The number of aliphatic hydroxyl groups is 1. The van der Waals surface area contributed by atoms with Crippen LogP contribution in [-0.2, 0) is 6.54 Å². The summed E-state index contributed by atoms with van der Waals surface area (Å²) in [6, 6.07) is 10.0. The zero-order valence-electron chi connectivity index (χ0n) is 13.0. The van der Waals surface area contributed by atoms with Gasteiger partial charge in [-0.25, -0.2) is 9.37 Å². The fourth-order valence-electron chi connectivity index (χ4n) is 3.21. The Balaban J connectivity index is 1.54. The van der Waals surface area contributed by atoms with Crippen LogP contribution in [0.5, 0.6) is 0 Å². The molecule has 1 aliphatic rings. The van der Waals surface area contributed by atoms with Crippen LogP contribution in [0, 0.1) is 11.7 Å². The van der Waals surface area contributed by atoms with Gasteiger partial charge in [0.1, 0.15) is 11.6 Å². The standard InChI is InChI=1S/C18H22FN3O/c19-16-3-1-14(2-4-16)18(23)15-6-9-22(10-7-15)12-13-5-8-21-17(20)11-13/h1-5,8,11,15,18,23H,6-7,9-10,12H2,(H2,20,21). The number of benzene rings is 1. The number of hydrogen-bond donors (Lipinski definition) is 2. The fourth-order valence-corrected chi connectivity index (χ4v) is 3.21. The molecule has 0 saturated carbocycles. The van der Waals surface area contributed by atoms with Crippen molar-refractivity contribution >= 4 is 5.82 Å². The number of aliphatic hydroxyl groups excluding tert-OH is 1. The molecule has 5 heteroatoms. The van der Waals surface area contributed by atoms with Crippen molar-refractivity contribution in [2.45, 2.75) is 25.5 Å². The number of nitrogen functional groups attached to an aromatic ring is 1. The van der Waals surface area contributed by atoms with Crippen LogP contribution in [-0.4, -0.2) is 28.1 Å². The summed E-state index contributed by atoms with van der Waals surface area (Å²) in [5.41, 5.74) is 7.67. The second-order valence-electron chi connectivity index (χ2n) is 6.20. The van der Waals surface area contributed by atoms with E-state index in [0.29, 0.717) is 5.82 Å². The molecule has 1 saturated heterocycles. The van der Waals surface area contributed by atoms with Crippen molar-refractivity contribution in [2.24, 2.45) is 5.92 Å². The Kier molecular flexibility index (Phi) is 4.88. The smallest absolute Gasteiger partial charge is 0.123 e. The number of nitrogens with zero attached hydrogens (tertiary/aromatic N) is 2. The molecule has 2 aromatic rings. The summed E-state index contributed by atoms with van der Waals surface area (Å²) in [4.78, 5) is 6.37. The summed E-state index contributed by atoms with van der Waals surface area (Å²) in [5.74, 6) is 0.496. The highest BCUT2D eigenvalue weighted by atomic mass is 19.1. The van der Waals surface area contributed by atoms with Crippen LogP contribution in [0.3, 0.4) is 0 Å². The van der Waals surface area contributed by atoms with Gasteiger partial charge in [-0.15, -0.1) is 0 Å². The van der Waals surface area contributed by atoms with Crippen LogP contribution >= 0.6 is 0 Å². The summed E-state index contributed by atoms with van der Waals surface area (Å²) in [6.45, 7) is 2.72. The molecular weight excluding hydrogens is 293 g/mol. The van der Waals surface area contributed by atoms with Crippen molar-refractivity contribution in [1.29, 1.82) is 0 Å². The van der Waals surface area contributed by atoms with Crippen molar-refractivity contribution in [3.05, 3.63) is 59.5 Å².